The Bertz CT molecular complexity index is 1620. The zero-order chi connectivity index (χ0) is 25.5. The smallest absolute Gasteiger partial charge is 0.341 e. The number of carboxylic acid groups (broad SMARTS) is 1. The number of carbonyl (C=O) groups is 1. The third kappa shape index (κ3) is 4.40. The van der Waals surface area contributed by atoms with E-state index in [1.807, 2.05) is 18.2 Å². The van der Waals surface area contributed by atoms with Gasteiger partial charge in [0.2, 0.25) is 11.4 Å². The second-order valence-corrected chi connectivity index (χ2v) is 9.73. The molecule has 37 heavy (non-hydrogen) atoms. The van der Waals surface area contributed by atoms with Crippen molar-refractivity contribution in [1.29, 1.82) is 0 Å². The van der Waals surface area contributed by atoms with Crippen molar-refractivity contribution in [2.75, 3.05) is 25.5 Å². The Balaban J connectivity index is 1.38. The predicted molar refractivity (Wildman–Crippen MR) is 144 cm³/mol. The molecule has 0 amide bonds. The lowest BCUT2D eigenvalue weighted by Gasteiger charge is -2.22. The number of anilines is 2. The van der Waals surface area contributed by atoms with E-state index in [1.54, 1.807) is 4.57 Å². The average molecular weight is 494 g/mol. The van der Waals surface area contributed by atoms with Crippen LogP contribution in [0.2, 0.25) is 0 Å². The molecule has 0 atom stereocenters. The van der Waals surface area contributed by atoms with Gasteiger partial charge in [0, 0.05) is 36.9 Å². The molecule has 0 radical (unpaired) electrons. The van der Waals surface area contributed by atoms with E-state index in [-0.39, 0.29) is 10.9 Å². The van der Waals surface area contributed by atoms with E-state index >= 15 is 0 Å². The van der Waals surface area contributed by atoms with E-state index in [2.05, 4.69) is 57.6 Å². The number of hydrogen-bond acceptors (Lipinski definition) is 6. The molecule has 2 aromatic heterocycles. The minimum Gasteiger partial charge on any atom is -0.477 e. The quantitative estimate of drug-likeness (QED) is 0.424. The van der Waals surface area contributed by atoms with Crippen LogP contribution in [-0.4, -0.2) is 50.6 Å². The van der Waals surface area contributed by atoms with E-state index in [9.17, 15) is 14.7 Å². The summed E-state index contributed by atoms with van der Waals surface area (Å²) in [5.41, 5.74) is 6.15. The maximum Gasteiger partial charge on any atom is 0.341 e. The summed E-state index contributed by atoms with van der Waals surface area (Å²) in [5, 5.41) is 13.0. The molecule has 2 aliphatic rings. The highest BCUT2D eigenvalue weighted by Gasteiger charge is 2.19. The van der Waals surface area contributed by atoms with Gasteiger partial charge in [-0.3, -0.25) is 4.79 Å². The summed E-state index contributed by atoms with van der Waals surface area (Å²) >= 11 is 0. The van der Waals surface area contributed by atoms with Crippen LogP contribution in [0.5, 0.6) is 0 Å². The maximum absolute atomic E-state index is 12.9. The highest BCUT2D eigenvalue weighted by Crippen LogP contribution is 2.27. The van der Waals surface area contributed by atoms with Gasteiger partial charge in [0.25, 0.3) is 0 Å². The van der Waals surface area contributed by atoms with Crippen LogP contribution in [0.4, 0.5) is 11.6 Å². The van der Waals surface area contributed by atoms with E-state index in [0.29, 0.717) is 11.6 Å². The van der Waals surface area contributed by atoms with Crippen LogP contribution >= 0.6 is 0 Å². The number of likely N-dealkylation sites (N-methyl/N-ethyl adjacent to an activating group) is 1. The molecule has 0 unspecified atom stereocenters. The van der Waals surface area contributed by atoms with Crippen molar-refractivity contribution in [3.63, 3.8) is 0 Å². The van der Waals surface area contributed by atoms with Crippen LogP contribution in [-0.2, 0) is 12.8 Å². The van der Waals surface area contributed by atoms with Gasteiger partial charge in [-0.25, -0.2) is 9.78 Å². The van der Waals surface area contributed by atoms with Gasteiger partial charge >= 0.3 is 5.97 Å². The summed E-state index contributed by atoms with van der Waals surface area (Å²) in [6.45, 7) is 2.00. The van der Waals surface area contributed by atoms with Crippen LogP contribution < -0.4 is 10.7 Å². The van der Waals surface area contributed by atoms with Gasteiger partial charge < -0.3 is 19.9 Å². The summed E-state index contributed by atoms with van der Waals surface area (Å²) in [7, 11) is 2.12. The standard InChI is InChI=1S/C29H27N5O3/c1-33-13-11-20(12-14-33)19-5-8-22(9-6-19)31-29-30-16-24-26(35)25(28(36)37)17-34(27(24)32-29)23-10-7-18-3-2-4-21(18)15-23/h5-11,15-17H,2-4,12-14H2,1H3,(H,36,37)(H,30,31,32). The van der Waals surface area contributed by atoms with Crippen LogP contribution in [0, 0.1) is 0 Å². The Morgan fingerprint density at radius 3 is 2.62 bits per heavy atom. The summed E-state index contributed by atoms with van der Waals surface area (Å²) in [6.07, 6.45) is 9.19. The maximum atomic E-state index is 12.9. The zero-order valence-corrected chi connectivity index (χ0v) is 20.6. The lowest BCUT2D eigenvalue weighted by molar-refractivity contribution is 0.0695. The molecule has 0 saturated heterocycles. The molecule has 8 heteroatoms. The molecule has 8 nitrogen and oxygen atoms in total. The van der Waals surface area contributed by atoms with Crippen LogP contribution in [0.1, 0.15) is 39.9 Å². The minimum absolute atomic E-state index is 0.163. The number of aromatic carboxylic acids is 1. The van der Waals surface area contributed by atoms with Crippen molar-refractivity contribution >= 4 is 34.2 Å². The molecule has 3 heterocycles. The fourth-order valence-corrected chi connectivity index (χ4v) is 5.16. The molecule has 2 N–H and O–H groups in total. The minimum atomic E-state index is -1.27. The molecule has 0 saturated carbocycles. The van der Waals surface area contributed by atoms with Crippen molar-refractivity contribution in [1.82, 2.24) is 19.4 Å². The van der Waals surface area contributed by atoms with Crippen LogP contribution in [0.15, 0.2) is 65.7 Å². The van der Waals surface area contributed by atoms with E-state index in [1.165, 1.54) is 34.7 Å². The lowest BCUT2D eigenvalue weighted by atomic mass is 9.99. The molecular weight excluding hydrogens is 466 g/mol. The molecule has 1 aliphatic carbocycles. The number of fused-ring (bicyclic) bond motifs is 2. The first-order chi connectivity index (χ1) is 18.0. The van der Waals surface area contributed by atoms with Gasteiger partial charge in [0.15, 0.2) is 5.65 Å². The van der Waals surface area contributed by atoms with Crippen LogP contribution in [0.25, 0.3) is 22.3 Å². The predicted octanol–water partition coefficient (Wildman–Crippen LogP) is 4.43. The summed E-state index contributed by atoms with van der Waals surface area (Å²) in [6, 6.07) is 14.2. The van der Waals surface area contributed by atoms with Gasteiger partial charge in [-0.2, -0.15) is 4.98 Å². The molecule has 0 fully saturated rings. The first kappa shape index (κ1) is 23.1. The molecule has 186 valence electrons. The number of aryl methyl sites for hydroxylation is 2. The van der Waals surface area contributed by atoms with Crippen LogP contribution in [0.3, 0.4) is 0 Å². The van der Waals surface area contributed by atoms with Crippen molar-refractivity contribution in [2.24, 2.45) is 0 Å². The summed E-state index contributed by atoms with van der Waals surface area (Å²) < 4.78 is 1.68. The number of benzene rings is 2. The Kier molecular flexibility index (Phi) is 5.81. The topological polar surface area (TPSA) is 100 Å². The highest BCUT2D eigenvalue weighted by molar-refractivity contribution is 5.92. The molecule has 0 bridgehead atoms. The fraction of sp³-hybridized carbons (Fsp3) is 0.241. The Hall–Kier alpha value is -4.30. The largest absolute Gasteiger partial charge is 0.477 e. The normalized spacial score (nSPS) is 15.4. The summed E-state index contributed by atoms with van der Waals surface area (Å²) in [4.78, 5) is 36.0. The number of aromatic nitrogens is 3. The highest BCUT2D eigenvalue weighted by atomic mass is 16.4. The number of pyridine rings is 1. The average Bonchev–Trinajstić information content (AvgIpc) is 3.38. The SMILES string of the molecule is CN1CC=C(c2ccc(Nc3ncc4c(=O)c(C(=O)O)cn(-c5ccc6c(c5)CCC6)c4n3)cc2)CC1. The third-order valence-corrected chi connectivity index (χ3v) is 7.26. The van der Waals surface area contributed by atoms with Crippen molar-refractivity contribution < 1.29 is 9.90 Å². The van der Waals surface area contributed by atoms with Crippen molar-refractivity contribution in [2.45, 2.75) is 25.7 Å². The molecule has 1 aliphatic heterocycles. The zero-order valence-electron chi connectivity index (χ0n) is 20.6. The molecule has 6 rings (SSSR count). The first-order valence-corrected chi connectivity index (χ1v) is 12.5. The number of nitrogens with one attached hydrogen (secondary N) is 1. The Morgan fingerprint density at radius 2 is 1.86 bits per heavy atom. The van der Waals surface area contributed by atoms with Crippen molar-refractivity contribution in [3.8, 4) is 5.69 Å². The van der Waals surface area contributed by atoms with E-state index in [4.69, 9.17) is 0 Å². The monoisotopic (exact) mass is 493 g/mol. The third-order valence-electron chi connectivity index (χ3n) is 7.26. The number of rotatable bonds is 5. The molecular formula is C29H27N5O3. The Morgan fingerprint density at radius 1 is 1.05 bits per heavy atom. The van der Waals surface area contributed by atoms with E-state index in [0.717, 1.165) is 50.1 Å². The molecule has 0 spiro atoms. The number of nitrogens with zero attached hydrogens (tertiary/aromatic N) is 4. The van der Waals surface area contributed by atoms with E-state index < -0.39 is 11.4 Å². The Labute approximate surface area is 213 Å². The fourth-order valence-electron chi connectivity index (χ4n) is 5.16. The van der Waals surface area contributed by atoms with Gasteiger partial charge in [-0.15, -0.1) is 0 Å². The van der Waals surface area contributed by atoms with Gasteiger partial charge in [0.1, 0.15) is 5.56 Å². The molecule has 2 aromatic carbocycles. The molecule has 4 aromatic rings. The first-order valence-electron chi connectivity index (χ1n) is 12.5. The van der Waals surface area contributed by atoms with Crippen molar-refractivity contribution in [3.05, 3.63) is 93.4 Å². The lowest BCUT2D eigenvalue weighted by Crippen LogP contribution is -2.23. The second-order valence-electron chi connectivity index (χ2n) is 9.73. The number of hydrogen-bond donors (Lipinski definition) is 2. The van der Waals surface area contributed by atoms with Gasteiger partial charge in [-0.05, 0) is 79.3 Å². The second kappa shape index (κ2) is 9.29. The number of carboxylic acids is 1. The summed E-state index contributed by atoms with van der Waals surface area (Å²) in [5.74, 6) is -0.944. The van der Waals surface area contributed by atoms with Gasteiger partial charge in [0.05, 0.1) is 5.39 Å². The van der Waals surface area contributed by atoms with Gasteiger partial charge in [-0.1, -0.05) is 24.3 Å².